The molecule has 0 saturated heterocycles. The van der Waals surface area contributed by atoms with Gasteiger partial charge in [-0.05, 0) is 45.4 Å². The Balaban J connectivity index is 1.65. The van der Waals surface area contributed by atoms with E-state index in [2.05, 4.69) is 36.2 Å². The average molecular weight is 634 g/mol. The summed E-state index contributed by atoms with van der Waals surface area (Å²) in [6.45, 7) is 1.87. The molecule has 216 valence electrons. The first kappa shape index (κ1) is 29.0. The van der Waals surface area contributed by atoms with Crippen molar-refractivity contribution in [3.8, 4) is 16.9 Å². The van der Waals surface area contributed by atoms with Crippen LogP contribution in [0.5, 0.6) is 5.75 Å². The number of esters is 1. The van der Waals surface area contributed by atoms with Crippen LogP contribution in [0.3, 0.4) is 0 Å². The SMILES string of the molecule is CCOC(=O)CN[C@@H]1C[C@H](c2c(Br)cccc2OC(F)F)n2c1nc1cc(F)c(-c3cnc(C(C)(C)O)nc3)cc12. The molecule has 0 unspecified atom stereocenters. The van der Waals surface area contributed by atoms with Crippen molar-refractivity contribution in [3.05, 3.63) is 70.2 Å². The molecule has 13 heteroatoms. The van der Waals surface area contributed by atoms with E-state index in [1.54, 1.807) is 39.0 Å². The van der Waals surface area contributed by atoms with Gasteiger partial charge in [0.2, 0.25) is 0 Å². The second-order valence-electron chi connectivity index (χ2n) is 10.0. The summed E-state index contributed by atoms with van der Waals surface area (Å²) in [7, 11) is 0. The monoisotopic (exact) mass is 633 g/mol. The van der Waals surface area contributed by atoms with Crippen LogP contribution in [0.2, 0.25) is 0 Å². The number of aliphatic hydroxyl groups is 1. The first-order valence-corrected chi connectivity index (χ1v) is 13.7. The molecule has 5 rings (SSSR count). The zero-order valence-electron chi connectivity index (χ0n) is 22.4. The first-order chi connectivity index (χ1) is 19.5. The van der Waals surface area contributed by atoms with Crippen molar-refractivity contribution in [2.75, 3.05) is 13.2 Å². The molecule has 0 amide bonds. The highest BCUT2D eigenvalue weighted by molar-refractivity contribution is 9.10. The third kappa shape index (κ3) is 5.79. The van der Waals surface area contributed by atoms with Gasteiger partial charge in [0, 0.05) is 39.6 Å². The predicted molar refractivity (Wildman–Crippen MR) is 147 cm³/mol. The summed E-state index contributed by atoms with van der Waals surface area (Å²) in [5.74, 6) is -0.355. The molecule has 0 bridgehead atoms. The maximum Gasteiger partial charge on any atom is 0.387 e. The van der Waals surface area contributed by atoms with Crippen LogP contribution in [0, 0.1) is 5.82 Å². The number of aromatic nitrogens is 4. The van der Waals surface area contributed by atoms with E-state index < -0.39 is 36.1 Å². The van der Waals surface area contributed by atoms with Gasteiger partial charge in [0.15, 0.2) is 5.82 Å². The molecule has 2 aromatic heterocycles. The number of hydrogen-bond acceptors (Lipinski definition) is 8. The topological polar surface area (TPSA) is 111 Å². The van der Waals surface area contributed by atoms with Gasteiger partial charge in [0.25, 0.3) is 0 Å². The molecule has 1 aliphatic heterocycles. The molecule has 2 aromatic carbocycles. The van der Waals surface area contributed by atoms with Crippen molar-refractivity contribution in [3.63, 3.8) is 0 Å². The molecule has 3 heterocycles. The lowest BCUT2D eigenvalue weighted by atomic mass is 10.0. The molecular formula is C28H27BrF3N5O4. The fourth-order valence-electron chi connectivity index (χ4n) is 5.03. The van der Waals surface area contributed by atoms with Gasteiger partial charge >= 0.3 is 12.6 Å². The largest absolute Gasteiger partial charge is 0.465 e. The number of hydrogen-bond donors (Lipinski definition) is 2. The lowest BCUT2D eigenvalue weighted by Gasteiger charge is -2.21. The number of rotatable bonds is 9. The Hall–Kier alpha value is -3.55. The Morgan fingerprint density at radius 3 is 2.66 bits per heavy atom. The fraction of sp³-hybridized carbons (Fsp3) is 0.357. The number of carbonyl (C=O) groups is 1. The van der Waals surface area contributed by atoms with Crippen LogP contribution < -0.4 is 10.1 Å². The smallest absolute Gasteiger partial charge is 0.387 e. The zero-order chi connectivity index (χ0) is 29.5. The highest BCUT2D eigenvalue weighted by Gasteiger charge is 2.38. The molecule has 0 spiro atoms. The number of nitrogens with zero attached hydrogens (tertiary/aromatic N) is 4. The van der Waals surface area contributed by atoms with Crippen molar-refractivity contribution in [2.45, 2.75) is 51.5 Å². The van der Waals surface area contributed by atoms with Gasteiger partial charge in [-0.15, -0.1) is 0 Å². The van der Waals surface area contributed by atoms with E-state index in [1.807, 2.05) is 4.57 Å². The van der Waals surface area contributed by atoms with E-state index in [0.717, 1.165) is 0 Å². The Morgan fingerprint density at radius 2 is 2.00 bits per heavy atom. The molecule has 0 saturated carbocycles. The molecule has 4 aromatic rings. The molecular weight excluding hydrogens is 607 g/mol. The van der Waals surface area contributed by atoms with E-state index >= 15 is 4.39 Å². The summed E-state index contributed by atoms with van der Waals surface area (Å²) < 4.78 is 54.4. The van der Waals surface area contributed by atoms with Crippen LogP contribution in [-0.2, 0) is 15.1 Å². The maximum atomic E-state index is 15.4. The minimum absolute atomic E-state index is 0.0174. The van der Waals surface area contributed by atoms with Crippen molar-refractivity contribution < 1.29 is 32.5 Å². The van der Waals surface area contributed by atoms with E-state index in [0.29, 0.717) is 38.9 Å². The van der Waals surface area contributed by atoms with Gasteiger partial charge in [0.05, 0.1) is 36.3 Å². The van der Waals surface area contributed by atoms with E-state index in [4.69, 9.17) is 9.47 Å². The summed E-state index contributed by atoms with van der Waals surface area (Å²) in [6.07, 6.45) is 3.20. The van der Waals surface area contributed by atoms with Crippen LogP contribution in [0.4, 0.5) is 13.2 Å². The summed E-state index contributed by atoms with van der Waals surface area (Å²) in [5, 5.41) is 13.3. The van der Waals surface area contributed by atoms with E-state index in [-0.39, 0.29) is 30.3 Å². The maximum absolute atomic E-state index is 15.4. The highest BCUT2D eigenvalue weighted by Crippen LogP contribution is 2.47. The van der Waals surface area contributed by atoms with E-state index in [1.165, 1.54) is 24.5 Å². The fourth-order valence-corrected chi connectivity index (χ4v) is 5.64. The number of imidazole rings is 1. The lowest BCUT2D eigenvalue weighted by Crippen LogP contribution is -2.28. The summed E-state index contributed by atoms with van der Waals surface area (Å²) >= 11 is 3.49. The Labute approximate surface area is 241 Å². The third-order valence-corrected chi connectivity index (χ3v) is 7.45. The minimum atomic E-state index is -3.05. The summed E-state index contributed by atoms with van der Waals surface area (Å²) in [5.41, 5.74) is 0.631. The summed E-state index contributed by atoms with van der Waals surface area (Å²) in [6, 6.07) is 6.62. The van der Waals surface area contributed by atoms with Crippen LogP contribution in [-0.4, -0.2) is 50.4 Å². The van der Waals surface area contributed by atoms with Crippen LogP contribution in [0.15, 0.2) is 47.2 Å². The Bertz CT molecular complexity index is 1590. The summed E-state index contributed by atoms with van der Waals surface area (Å²) in [4.78, 5) is 25.2. The van der Waals surface area contributed by atoms with Gasteiger partial charge < -0.3 is 19.1 Å². The zero-order valence-corrected chi connectivity index (χ0v) is 24.0. The number of carbonyl (C=O) groups excluding carboxylic acids is 1. The molecule has 1 aliphatic rings. The van der Waals surface area contributed by atoms with Crippen LogP contribution >= 0.6 is 15.9 Å². The predicted octanol–water partition coefficient (Wildman–Crippen LogP) is 5.41. The van der Waals surface area contributed by atoms with Crippen LogP contribution in [0.25, 0.3) is 22.2 Å². The van der Waals surface area contributed by atoms with Crippen molar-refractivity contribution in [2.24, 2.45) is 0 Å². The molecule has 2 atom stereocenters. The van der Waals surface area contributed by atoms with Gasteiger partial charge in [-0.3, -0.25) is 10.1 Å². The van der Waals surface area contributed by atoms with Crippen molar-refractivity contribution >= 4 is 32.9 Å². The van der Waals surface area contributed by atoms with Crippen molar-refractivity contribution in [1.82, 2.24) is 24.8 Å². The number of fused-ring (bicyclic) bond motifs is 3. The number of benzene rings is 2. The molecule has 0 fully saturated rings. The molecule has 41 heavy (non-hydrogen) atoms. The molecule has 0 radical (unpaired) electrons. The number of ether oxygens (including phenoxy) is 2. The van der Waals surface area contributed by atoms with Gasteiger partial charge in [-0.1, -0.05) is 22.0 Å². The molecule has 2 N–H and O–H groups in total. The number of halogens is 4. The normalized spacial score (nSPS) is 16.8. The van der Waals surface area contributed by atoms with Crippen molar-refractivity contribution in [1.29, 1.82) is 0 Å². The van der Waals surface area contributed by atoms with E-state index in [9.17, 15) is 18.7 Å². The first-order valence-electron chi connectivity index (χ1n) is 12.9. The third-order valence-electron chi connectivity index (χ3n) is 6.76. The van der Waals surface area contributed by atoms with Gasteiger partial charge in [-0.2, -0.15) is 8.78 Å². The van der Waals surface area contributed by atoms with Gasteiger partial charge in [0.1, 0.15) is 23.0 Å². The Kier molecular flexibility index (Phi) is 8.04. The number of alkyl halides is 2. The van der Waals surface area contributed by atoms with Gasteiger partial charge in [-0.25, -0.2) is 19.3 Å². The standard InChI is InChI=1S/C28H27BrF3N5O4/c1-4-40-23(38)13-33-19-10-21(24-16(29)6-5-7-22(24)41-27(31)32)37-20-8-15(17(30)9-18(20)36-25(19)37)14-11-34-26(35-12-14)28(2,3)39/h5-9,11-12,19,21,27,33,39H,4,10,13H2,1-3H3/t19-,21-/m1/s1. The second-order valence-corrected chi connectivity index (χ2v) is 10.9. The minimum Gasteiger partial charge on any atom is -0.465 e. The number of nitrogens with one attached hydrogen (secondary N) is 1. The average Bonchev–Trinajstić information content (AvgIpc) is 3.43. The molecule has 9 nitrogen and oxygen atoms in total. The second kappa shape index (κ2) is 11.4. The quantitative estimate of drug-likeness (QED) is 0.235. The van der Waals surface area contributed by atoms with Crippen LogP contribution in [0.1, 0.15) is 56.5 Å². The Morgan fingerprint density at radius 1 is 1.27 bits per heavy atom. The highest BCUT2D eigenvalue weighted by atomic mass is 79.9. The lowest BCUT2D eigenvalue weighted by molar-refractivity contribution is -0.142. The molecule has 0 aliphatic carbocycles.